The lowest BCUT2D eigenvalue weighted by molar-refractivity contribution is 0.0566. The van der Waals surface area contributed by atoms with Crippen LogP contribution >= 0.6 is 0 Å². The van der Waals surface area contributed by atoms with Crippen molar-refractivity contribution in [2.75, 3.05) is 0 Å². The summed E-state index contributed by atoms with van der Waals surface area (Å²) in [7, 11) is 0. The average molecular weight is 347 g/mol. The second-order valence-corrected chi connectivity index (χ2v) is 7.53. The molecule has 1 aliphatic carbocycles. The van der Waals surface area contributed by atoms with E-state index in [1.807, 2.05) is 42.5 Å². The Bertz CT molecular complexity index is 758. The number of nitrogens with zero attached hydrogens (tertiary/aromatic N) is 1. The molecule has 2 aliphatic rings. The predicted molar refractivity (Wildman–Crippen MR) is 102 cm³/mol. The van der Waals surface area contributed by atoms with Gasteiger partial charge in [-0.1, -0.05) is 74.6 Å². The van der Waals surface area contributed by atoms with Crippen LogP contribution in [0, 0.1) is 5.92 Å². The van der Waals surface area contributed by atoms with Gasteiger partial charge in [-0.25, -0.2) is 0 Å². The van der Waals surface area contributed by atoms with Crippen LogP contribution in [0.25, 0.3) is 0 Å². The molecule has 0 spiro atoms. The Balaban J connectivity index is 1.61. The van der Waals surface area contributed by atoms with E-state index >= 15 is 0 Å². The van der Waals surface area contributed by atoms with E-state index in [1.165, 1.54) is 37.0 Å². The third-order valence-corrected chi connectivity index (χ3v) is 5.89. The van der Waals surface area contributed by atoms with Crippen LogP contribution in [0.5, 0.6) is 0 Å². The molecule has 3 heteroatoms. The molecule has 0 bridgehead atoms. The number of carbonyl (C=O) groups excluding carboxylic acids is 2. The molecule has 1 fully saturated rings. The van der Waals surface area contributed by atoms with Crippen LogP contribution in [0.4, 0.5) is 0 Å². The second kappa shape index (κ2) is 7.45. The largest absolute Gasteiger partial charge is 0.269 e. The van der Waals surface area contributed by atoms with Crippen molar-refractivity contribution in [2.24, 2.45) is 5.92 Å². The summed E-state index contributed by atoms with van der Waals surface area (Å²) in [5.74, 6) is 0.427. The monoisotopic (exact) mass is 347 g/mol. The first-order valence-electron chi connectivity index (χ1n) is 9.77. The van der Waals surface area contributed by atoms with Gasteiger partial charge >= 0.3 is 0 Å². The minimum Gasteiger partial charge on any atom is -0.269 e. The van der Waals surface area contributed by atoms with Gasteiger partial charge in [0.25, 0.3) is 11.8 Å². The standard InChI is InChI=1S/C23H25NO2/c25-22-19-13-7-8-14-20(19)23(26)24(22)21(18-11-5-2-6-12-18)16-15-17-9-3-1-4-10-17/h2,5-8,11-14,17,21H,1,3-4,9-10,15-16H2/t21-/m1/s1. The van der Waals surface area contributed by atoms with Gasteiger partial charge < -0.3 is 0 Å². The van der Waals surface area contributed by atoms with E-state index in [1.54, 1.807) is 12.1 Å². The lowest BCUT2D eigenvalue weighted by Gasteiger charge is -2.29. The highest BCUT2D eigenvalue weighted by atomic mass is 16.2. The Morgan fingerprint density at radius 2 is 1.38 bits per heavy atom. The Morgan fingerprint density at radius 1 is 0.808 bits per heavy atom. The fraction of sp³-hybridized carbons (Fsp3) is 0.391. The molecule has 0 radical (unpaired) electrons. The van der Waals surface area contributed by atoms with Crippen LogP contribution in [-0.2, 0) is 0 Å². The molecular weight excluding hydrogens is 322 g/mol. The number of benzene rings is 2. The van der Waals surface area contributed by atoms with E-state index in [0.29, 0.717) is 11.1 Å². The number of hydrogen-bond acceptors (Lipinski definition) is 2. The van der Waals surface area contributed by atoms with Crippen LogP contribution in [0.2, 0.25) is 0 Å². The molecule has 2 aromatic rings. The normalized spacial score (nSPS) is 18.8. The topological polar surface area (TPSA) is 37.4 Å². The molecule has 2 amide bonds. The maximum atomic E-state index is 13.0. The molecule has 1 saturated carbocycles. The number of amides is 2. The Labute approximate surface area is 155 Å². The van der Waals surface area contributed by atoms with Crippen molar-refractivity contribution >= 4 is 11.8 Å². The van der Waals surface area contributed by atoms with Crippen molar-refractivity contribution in [1.29, 1.82) is 0 Å². The average Bonchev–Trinajstić information content (AvgIpc) is 2.95. The van der Waals surface area contributed by atoms with Gasteiger partial charge in [0, 0.05) is 0 Å². The number of imide groups is 1. The zero-order chi connectivity index (χ0) is 17.9. The molecule has 134 valence electrons. The highest BCUT2D eigenvalue weighted by Crippen LogP contribution is 2.37. The molecule has 0 N–H and O–H groups in total. The van der Waals surface area contributed by atoms with Gasteiger partial charge in [-0.15, -0.1) is 0 Å². The zero-order valence-electron chi connectivity index (χ0n) is 15.1. The molecule has 1 heterocycles. The predicted octanol–water partition coefficient (Wildman–Crippen LogP) is 5.38. The number of carbonyl (C=O) groups is 2. The number of fused-ring (bicyclic) bond motifs is 1. The van der Waals surface area contributed by atoms with E-state index in [2.05, 4.69) is 0 Å². The van der Waals surface area contributed by atoms with Crippen molar-refractivity contribution in [3.63, 3.8) is 0 Å². The second-order valence-electron chi connectivity index (χ2n) is 7.53. The first-order chi connectivity index (χ1) is 12.8. The SMILES string of the molecule is O=C1c2ccccc2C(=O)N1[C@H](CCC1CCCCC1)c1ccccc1. The third kappa shape index (κ3) is 3.18. The third-order valence-electron chi connectivity index (χ3n) is 5.89. The van der Waals surface area contributed by atoms with E-state index in [9.17, 15) is 9.59 Å². The van der Waals surface area contributed by atoms with Crippen molar-refractivity contribution in [1.82, 2.24) is 4.90 Å². The quantitative estimate of drug-likeness (QED) is 0.681. The van der Waals surface area contributed by atoms with Crippen LogP contribution in [0.15, 0.2) is 54.6 Å². The summed E-state index contributed by atoms with van der Waals surface area (Å²) in [6.45, 7) is 0. The summed E-state index contributed by atoms with van der Waals surface area (Å²) in [4.78, 5) is 27.5. The molecule has 3 nitrogen and oxygen atoms in total. The fourth-order valence-electron chi connectivity index (χ4n) is 4.48. The van der Waals surface area contributed by atoms with Crippen molar-refractivity contribution in [3.8, 4) is 0 Å². The summed E-state index contributed by atoms with van der Waals surface area (Å²) < 4.78 is 0. The van der Waals surface area contributed by atoms with E-state index in [4.69, 9.17) is 0 Å². The van der Waals surface area contributed by atoms with Crippen molar-refractivity contribution < 1.29 is 9.59 Å². The van der Waals surface area contributed by atoms with Gasteiger partial charge in [0.2, 0.25) is 0 Å². The van der Waals surface area contributed by atoms with Gasteiger partial charge in [0.15, 0.2) is 0 Å². The summed E-state index contributed by atoms with van der Waals surface area (Å²) in [5.41, 5.74) is 2.13. The molecular formula is C23H25NO2. The molecule has 1 aliphatic heterocycles. The summed E-state index contributed by atoms with van der Waals surface area (Å²) in [6.07, 6.45) is 8.46. The van der Waals surface area contributed by atoms with Crippen LogP contribution < -0.4 is 0 Å². The van der Waals surface area contributed by atoms with E-state index in [-0.39, 0.29) is 17.9 Å². The molecule has 0 saturated heterocycles. The molecule has 2 aromatic carbocycles. The Hall–Kier alpha value is -2.42. The smallest absolute Gasteiger partial charge is 0.262 e. The molecule has 0 aromatic heterocycles. The van der Waals surface area contributed by atoms with Gasteiger partial charge in [0.05, 0.1) is 17.2 Å². The molecule has 1 atom stereocenters. The van der Waals surface area contributed by atoms with Crippen LogP contribution in [0.1, 0.15) is 77.3 Å². The van der Waals surface area contributed by atoms with Gasteiger partial charge in [-0.3, -0.25) is 14.5 Å². The van der Waals surface area contributed by atoms with E-state index < -0.39 is 0 Å². The highest BCUT2D eigenvalue weighted by Gasteiger charge is 2.40. The maximum absolute atomic E-state index is 13.0. The Morgan fingerprint density at radius 3 is 2.00 bits per heavy atom. The number of rotatable bonds is 5. The Kier molecular flexibility index (Phi) is 4.87. The zero-order valence-corrected chi connectivity index (χ0v) is 15.1. The fourth-order valence-corrected chi connectivity index (χ4v) is 4.48. The van der Waals surface area contributed by atoms with Gasteiger partial charge in [0.1, 0.15) is 0 Å². The van der Waals surface area contributed by atoms with Crippen molar-refractivity contribution in [3.05, 3.63) is 71.3 Å². The first-order valence-corrected chi connectivity index (χ1v) is 9.77. The first kappa shape index (κ1) is 17.0. The summed E-state index contributed by atoms with van der Waals surface area (Å²) >= 11 is 0. The molecule has 4 rings (SSSR count). The van der Waals surface area contributed by atoms with Crippen molar-refractivity contribution in [2.45, 2.75) is 51.0 Å². The molecule has 26 heavy (non-hydrogen) atoms. The molecule has 0 unspecified atom stereocenters. The van der Waals surface area contributed by atoms with Crippen LogP contribution in [-0.4, -0.2) is 16.7 Å². The number of hydrogen-bond donors (Lipinski definition) is 0. The summed E-state index contributed by atoms with van der Waals surface area (Å²) in [5, 5.41) is 0. The van der Waals surface area contributed by atoms with Gasteiger partial charge in [-0.05, 0) is 36.5 Å². The minimum absolute atomic E-state index is 0.150. The van der Waals surface area contributed by atoms with E-state index in [0.717, 1.165) is 24.3 Å². The van der Waals surface area contributed by atoms with Crippen LogP contribution in [0.3, 0.4) is 0 Å². The van der Waals surface area contributed by atoms with Gasteiger partial charge in [-0.2, -0.15) is 0 Å². The summed E-state index contributed by atoms with van der Waals surface area (Å²) in [6, 6.07) is 17.0. The lowest BCUT2D eigenvalue weighted by Crippen LogP contribution is -2.34. The minimum atomic E-state index is -0.175. The highest BCUT2D eigenvalue weighted by molar-refractivity contribution is 6.21. The maximum Gasteiger partial charge on any atom is 0.262 e. The lowest BCUT2D eigenvalue weighted by atomic mass is 9.84.